The molecule has 0 spiro atoms. The quantitative estimate of drug-likeness (QED) is 0.640. The summed E-state index contributed by atoms with van der Waals surface area (Å²) in [6.07, 6.45) is 8.28. The van der Waals surface area contributed by atoms with E-state index in [-0.39, 0.29) is 0 Å². The third-order valence-electron chi connectivity index (χ3n) is 3.18. The van der Waals surface area contributed by atoms with Crippen LogP contribution in [0.25, 0.3) is 0 Å². The molecular weight excluding hydrogens is 146 g/mol. The Bertz CT molecular complexity index is 142. The summed E-state index contributed by atoms with van der Waals surface area (Å²) in [6, 6.07) is 0.417. The Morgan fingerprint density at radius 1 is 1.58 bits per heavy atom. The van der Waals surface area contributed by atoms with Gasteiger partial charge >= 0.3 is 0 Å². The van der Waals surface area contributed by atoms with Gasteiger partial charge in [-0.25, -0.2) is 0 Å². The minimum atomic E-state index is 0.417. The van der Waals surface area contributed by atoms with E-state index in [2.05, 4.69) is 13.5 Å². The Labute approximate surface area is 76.0 Å². The molecule has 0 aromatic carbocycles. The van der Waals surface area contributed by atoms with Gasteiger partial charge in [-0.05, 0) is 31.1 Å². The summed E-state index contributed by atoms with van der Waals surface area (Å²) in [7, 11) is 0. The van der Waals surface area contributed by atoms with E-state index in [0.717, 1.165) is 24.7 Å². The Hall–Kier alpha value is -0.300. The van der Waals surface area contributed by atoms with Gasteiger partial charge in [-0.1, -0.05) is 25.8 Å². The fraction of sp³-hybridized carbons (Fsp3) is 0.818. The van der Waals surface area contributed by atoms with Crippen LogP contribution in [0.15, 0.2) is 12.7 Å². The monoisotopic (exact) mass is 167 g/mol. The van der Waals surface area contributed by atoms with Crippen LogP contribution in [0.3, 0.4) is 0 Å². The lowest BCUT2D eigenvalue weighted by Crippen LogP contribution is -2.31. The van der Waals surface area contributed by atoms with Crippen molar-refractivity contribution in [2.24, 2.45) is 17.6 Å². The maximum absolute atomic E-state index is 6.11. The SMILES string of the molecule is C=CCCC(N)C1CCCC1C. The first-order valence-electron chi connectivity index (χ1n) is 5.12. The number of allylic oxidation sites excluding steroid dienone is 1. The molecule has 0 bridgehead atoms. The third-order valence-corrected chi connectivity index (χ3v) is 3.18. The molecule has 1 heteroatoms. The summed E-state index contributed by atoms with van der Waals surface area (Å²) in [5.41, 5.74) is 6.11. The van der Waals surface area contributed by atoms with E-state index >= 15 is 0 Å². The predicted molar refractivity (Wildman–Crippen MR) is 53.9 cm³/mol. The van der Waals surface area contributed by atoms with Gasteiger partial charge in [-0.2, -0.15) is 0 Å². The molecule has 1 aliphatic carbocycles. The fourth-order valence-electron chi connectivity index (χ4n) is 2.33. The van der Waals surface area contributed by atoms with Gasteiger partial charge in [0.1, 0.15) is 0 Å². The minimum Gasteiger partial charge on any atom is -0.327 e. The average molecular weight is 167 g/mol. The van der Waals surface area contributed by atoms with Crippen LogP contribution in [0.1, 0.15) is 39.0 Å². The zero-order valence-electron chi connectivity index (χ0n) is 8.13. The largest absolute Gasteiger partial charge is 0.327 e. The van der Waals surface area contributed by atoms with Crippen LogP contribution in [0.4, 0.5) is 0 Å². The van der Waals surface area contributed by atoms with Crippen LogP contribution in [0.2, 0.25) is 0 Å². The number of nitrogens with two attached hydrogens (primary N) is 1. The van der Waals surface area contributed by atoms with Crippen LogP contribution >= 0.6 is 0 Å². The van der Waals surface area contributed by atoms with Crippen molar-refractivity contribution in [3.8, 4) is 0 Å². The molecule has 1 fully saturated rings. The Kier molecular flexibility index (Phi) is 3.80. The topological polar surface area (TPSA) is 26.0 Å². The number of rotatable bonds is 4. The molecule has 0 amide bonds. The first-order chi connectivity index (χ1) is 5.75. The van der Waals surface area contributed by atoms with Gasteiger partial charge in [0, 0.05) is 6.04 Å². The van der Waals surface area contributed by atoms with Crippen LogP contribution in [-0.2, 0) is 0 Å². The van der Waals surface area contributed by atoms with E-state index in [1.807, 2.05) is 6.08 Å². The Morgan fingerprint density at radius 3 is 2.83 bits per heavy atom. The summed E-state index contributed by atoms with van der Waals surface area (Å²) < 4.78 is 0. The summed E-state index contributed by atoms with van der Waals surface area (Å²) in [5.74, 6) is 1.63. The van der Waals surface area contributed by atoms with Crippen LogP contribution in [-0.4, -0.2) is 6.04 Å². The maximum Gasteiger partial charge on any atom is 0.00726 e. The molecule has 0 aromatic heterocycles. The van der Waals surface area contributed by atoms with Crippen LogP contribution in [0.5, 0.6) is 0 Å². The molecule has 0 saturated heterocycles. The first kappa shape index (κ1) is 9.79. The summed E-state index contributed by atoms with van der Waals surface area (Å²) >= 11 is 0. The molecule has 2 N–H and O–H groups in total. The summed E-state index contributed by atoms with van der Waals surface area (Å²) in [5, 5.41) is 0. The van der Waals surface area contributed by atoms with E-state index < -0.39 is 0 Å². The molecule has 0 radical (unpaired) electrons. The molecule has 1 aliphatic rings. The van der Waals surface area contributed by atoms with E-state index in [4.69, 9.17) is 5.73 Å². The van der Waals surface area contributed by atoms with Gasteiger partial charge < -0.3 is 5.73 Å². The van der Waals surface area contributed by atoms with Crippen LogP contribution in [0, 0.1) is 11.8 Å². The standard InChI is InChI=1S/C11H21N/c1-3-4-8-11(12)10-7-5-6-9(10)2/h3,9-11H,1,4-8,12H2,2H3. The maximum atomic E-state index is 6.11. The second kappa shape index (κ2) is 4.66. The lowest BCUT2D eigenvalue weighted by Gasteiger charge is -2.22. The van der Waals surface area contributed by atoms with E-state index in [0.29, 0.717) is 6.04 Å². The second-order valence-corrected chi connectivity index (χ2v) is 4.10. The molecule has 3 unspecified atom stereocenters. The molecule has 70 valence electrons. The van der Waals surface area contributed by atoms with Gasteiger partial charge in [0.25, 0.3) is 0 Å². The highest BCUT2D eigenvalue weighted by atomic mass is 14.7. The van der Waals surface area contributed by atoms with Gasteiger partial charge in [0.15, 0.2) is 0 Å². The zero-order valence-corrected chi connectivity index (χ0v) is 8.13. The van der Waals surface area contributed by atoms with Crippen molar-refractivity contribution in [3.63, 3.8) is 0 Å². The van der Waals surface area contributed by atoms with Crippen molar-refractivity contribution in [2.75, 3.05) is 0 Å². The van der Waals surface area contributed by atoms with Gasteiger partial charge in [-0.3, -0.25) is 0 Å². The number of hydrogen-bond donors (Lipinski definition) is 1. The first-order valence-corrected chi connectivity index (χ1v) is 5.12. The lowest BCUT2D eigenvalue weighted by atomic mass is 9.88. The fourth-order valence-corrected chi connectivity index (χ4v) is 2.33. The predicted octanol–water partition coefficient (Wildman–Crippen LogP) is 2.72. The molecule has 1 nitrogen and oxygen atoms in total. The average Bonchev–Trinajstić information content (AvgIpc) is 2.47. The van der Waals surface area contributed by atoms with Gasteiger partial charge in [-0.15, -0.1) is 6.58 Å². The Morgan fingerprint density at radius 2 is 2.33 bits per heavy atom. The molecule has 0 aromatic rings. The second-order valence-electron chi connectivity index (χ2n) is 4.10. The third kappa shape index (κ3) is 2.34. The molecule has 0 heterocycles. The van der Waals surface area contributed by atoms with Crippen LogP contribution < -0.4 is 5.73 Å². The molecule has 1 saturated carbocycles. The minimum absolute atomic E-state index is 0.417. The van der Waals surface area contributed by atoms with Crippen molar-refractivity contribution in [1.29, 1.82) is 0 Å². The van der Waals surface area contributed by atoms with Crippen molar-refractivity contribution < 1.29 is 0 Å². The van der Waals surface area contributed by atoms with E-state index in [9.17, 15) is 0 Å². The molecule has 1 rings (SSSR count). The molecule has 3 atom stereocenters. The summed E-state index contributed by atoms with van der Waals surface area (Å²) in [4.78, 5) is 0. The highest BCUT2D eigenvalue weighted by Crippen LogP contribution is 2.34. The highest BCUT2D eigenvalue weighted by molar-refractivity contribution is 4.84. The zero-order chi connectivity index (χ0) is 8.97. The number of hydrogen-bond acceptors (Lipinski definition) is 1. The van der Waals surface area contributed by atoms with Crippen molar-refractivity contribution in [3.05, 3.63) is 12.7 Å². The smallest absolute Gasteiger partial charge is 0.00726 e. The lowest BCUT2D eigenvalue weighted by molar-refractivity contribution is 0.333. The Balaban J connectivity index is 2.29. The molecule has 0 aliphatic heterocycles. The molecule has 12 heavy (non-hydrogen) atoms. The van der Waals surface area contributed by atoms with E-state index in [1.165, 1.54) is 19.3 Å². The van der Waals surface area contributed by atoms with Gasteiger partial charge in [0.2, 0.25) is 0 Å². The summed E-state index contributed by atoms with van der Waals surface area (Å²) in [6.45, 7) is 6.06. The van der Waals surface area contributed by atoms with Crippen molar-refractivity contribution in [1.82, 2.24) is 0 Å². The van der Waals surface area contributed by atoms with Crippen molar-refractivity contribution in [2.45, 2.75) is 45.1 Å². The van der Waals surface area contributed by atoms with Crippen molar-refractivity contribution >= 4 is 0 Å². The van der Waals surface area contributed by atoms with Gasteiger partial charge in [0.05, 0.1) is 0 Å². The molecular formula is C11H21N. The normalized spacial score (nSPS) is 31.8. The highest BCUT2D eigenvalue weighted by Gasteiger charge is 2.27. The van der Waals surface area contributed by atoms with E-state index in [1.54, 1.807) is 0 Å².